The van der Waals surface area contributed by atoms with E-state index in [0.29, 0.717) is 0 Å². The molecule has 0 aromatic heterocycles. The number of rotatable bonds is 19. The van der Waals surface area contributed by atoms with Crippen LogP contribution in [0.15, 0.2) is 85.5 Å². The van der Waals surface area contributed by atoms with Crippen molar-refractivity contribution < 1.29 is 21.2 Å². The minimum atomic E-state index is 0. The molecule has 45 heavy (non-hydrogen) atoms. The molecule has 1 aliphatic rings. The van der Waals surface area contributed by atoms with Gasteiger partial charge in [0.2, 0.25) is 11.4 Å². The summed E-state index contributed by atoms with van der Waals surface area (Å²) in [6.45, 7) is 19.8. The molecule has 0 saturated heterocycles. The van der Waals surface area contributed by atoms with Crippen molar-refractivity contribution in [3.8, 4) is 0 Å². The topological polar surface area (TPSA) is 25.3 Å². The molecule has 0 bridgehead atoms. The molecule has 0 saturated carbocycles. The summed E-state index contributed by atoms with van der Waals surface area (Å²) in [6.07, 6.45) is 26.5. The van der Waals surface area contributed by atoms with Crippen molar-refractivity contribution in [2.45, 2.75) is 130 Å². The third-order valence-corrected chi connectivity index (χ3v) is 7.92. The molecular weight excluding hydrogens is 591 g/mol. The van der Waals surface area contributed by atoms with Crippen molar-refractivity contribution in [3.05, 3.63) is 127 Å². The number of hydrogen-bond acceptors (Lipinski definition) is 0. The van der Waals surface area contributed by atoms with Crippen molar-refractivity contribution in [2.24, 2.45) is 0 Å². The fourth-order valence-corrected chi connectivity index (χ4v) is 5.60. The Labute approximate surface area is 288 Å². The maximum atomic E-state index is 11.6. The number of unbranched alkanes of at least 4 members (excludes halogenated alkanes) is 11. The Balaban J connectivity index is 0.00000256. The predicted molar refractivity (Wildman–Crippen MR) is 196 cm³/mol. The zero-order chi connectivity index (χ0) is 32.4. The van der Waals surface area contributed by atoms with E-state index in [-0.39, 0.29) is 16.5 Å². The van der Waals surface area contributed by atoms with Gasteiger partial charge in [-0.05, 0) is 73.9 Å². The molecule has 250 valence electrons. The van der Waals surface area contributed by atoms with Crippen LogP contribution in [0.3, 0.4) is 0 Å². The van der Waals surface area contributed by atoms with Crippen LogP contribution < -0.4 is 0 Å². The fourth-order valence-electron chi connectivity index (χ4n) is 5.60. The quantitative estimate of drug-likeness (QED) is 0.0624. The molecule has 2 aromatic carbocycles. The Kier molecular flexibility index (Phi) is 25.8. The predicted octanol–water partition coefficient (Wildman–Crippen LogP) is 13.5. The van der Waals surface area contributed by atoms with Gasteiger partial charge in [0, 0.05) is 22.8 Å². The number of benzene rings is 2. The summed E-state index contributed by atoms with van der Waals surface area (Å²) in [5.41, 5.74) is 19.7. The molecule has 0 fully saturated rings. The van der Waals surface area contributed by atoms with Gasteiger partial charge in [-0.25, -0.2) is 43.9 Å². The van der Waals surface area contributed by atoms with Gasteiger partial charge in [-0.1, -0.05) is 116 Å². The van der Waals surface area contributed by atoms with E-state index in [1.807, 2.05) is 0 Å². The smallest absolute Gasteiger partial charge is 0.493 e. The van der Waals surface area contributed by atoms with Gasteiger partial charge in [0.1, 0.15) is 0 Å². The first-order valence-corrected chi connectivity index (χ1v) is 17.4. The number of allylic oxidation sites excluding steroid dienone is 4. The average Bonchev–Trinajstić information content (AvgIpc) is 3.36. The van der Waals surface area contributed by atoms with E-state index >= 15 is 0 Å². The van der Waals surface area contributed by atoms with Crippen LogP contribution in [0.1, 0.15) is 139 Å². The van der Waals surface area contributed by atoms with Gasteiger partial charge >= 0.3 is 16.5 Å². The van der Waals surface area contributed by atoms with Crippen LogP contribution in [0.2, 0.25) is 0 Å². The van der Waals surface area contributed by atoms with E-state index in [4.69, 9.17) is 0 Å². The van der Waals surface area contributed by atoms with Gasteiger partial charge in [0.05, 0.1) is 0 Å². The van der Waals surface area contributed by atoms with Gasteiger partial charge in [0.15, 0.2) is 0 Å². The van der Waals surface area contributed by atoms with Crippen LogP contribution in [0.4, 0.5) is 0 Å². The summed E-state index contributed by atoms with van der Waals surface area (Å²) >= 11 is 0. The number of hydrogen-bond donors (Lipinski definition) is 0. The van der Waals surface area contributed by atoms with Gasteiger partial charge in [0.25, 0.3) is 0 Å². The maximum Gasteiger partial charge on any atom is 2.00 e. The third-order valence-electron chi connectivity index (χ3n) is 7.92. The van der Waals surface area contributed by atoms with Crippen LogP contribution in [0, 0.1) is 13.8 Å². The Morgan fingerprint density at radius 3 is 1.58 bits per heavy atom. The van der Waals surface area contributed by atoms with Crippen molar-refractivity contribution >= 4 is 11.4 Å². The van der Waals surface area contributed by atoms with Crippen molar-refractivity contribution in [1.82, 2.24) is 0 Å². The zero-order valence-corrected chi connectivity index (χ0v) is 29.9. The van der Waals surface area contributed by atoms with Gasteiger partial charge in [-0.3, -0.25) is 0 Å². The summed E-state index contributed by atoms with van der Waals surface area (Å²) in [4.78, 5) is 0. The Morgan fingerprint density at radius 2 is 1.04 bits per heavy atom. The van der Waals surface area contributed by atoms with E-state index in [9.17, 15) is 5.53 Å². The van der Waals surface area contributed by atoms with Gasteiger partial charge in [-0.2, -0.15) is 0 Å². The number of aryl methyl sites for hydroxylation is 2. The third kappa shape index (κ3) is 16.9. The molecule has 0 atom stereocenters. The molecule has 2 aromatic rings. The SMILES string of the molecule is C=C[CH2-].C=C[CH2-].CCCCCCCCC1=C(c2cccc(CCCCCCCC)c2)[N+](=[N-])C(c2cccc(CCCC)c2)=C1.[Ni+2]. The van der Waals surface area contributed by atoms with Crippen LogP contribution in [-0.2, 0) is 29.3 Å². The minimum absolute atomic E-state index is 0. The van der Waals surface area contributed by atoms with Crippen LogP contribution in [0.25, 0.3) is 16.9 Å². The second-order valence-electron chi connectivity index (χ2n) is 11.8. The molecule has 1 aliphatic heterocycles. The summed E-state index contributed by atoms with van der Waals surface area (Å²) in [5.74, 6) is 0. The summed E-state index contributed by atoms with van der Waals surface area (Å²) in [6, 6.07) is 17.7. The molecule has 0 aliphatic carbocycles. The molecule has 0 spiro atoms. The van der Waals surface area contributed by atoms with E-state index in [0.717, 1.165) is 41.8 Å². The van der Waals surface area contributed by atoms with Crippen molar-refractivity contribution in [1.29, 1.82) is 0 Å². The molecule has 0 unspecified atom stereocenters. The minimum Gasteiger partial charge on any atom is -0.493 e. The fraction of sp³-hybridized carbons (Fsp3) is 0.476. The first kappa shape index (κ1) is 42.2. The Bertz CT molecular complexity index is 1150. The van der Waals surface area contributed by atoms with Crippen LogP contribution in [0.5, 0.6) is 0 Å². The molecule has 3 heteroatoms. The standard InChI is InChI=1S/C36H52N2.2C3H5.Ni/c1-4-7-10-12-14-16-21-31-23-19-26-33(28-31)36-34(24-17-15-13-11-8-5-2)29-35(38(36)37)32-25-18-22-30(27-32)20-9-6-3;2*1-3-2;/h18-19,22-23,25-29H,4-17,20-21,24H2,1-3H3;2*3H,1-2H2;/q;2*-1;+2. The van der Waals surface area contributed by atoms with Crippen LogP contribution >= 0.6 is 0 Å². The summed E-state index contributed by atoms with van der Waals surface area (Å²) < 4.78 is 1.48. The molecule has 0 radical (unpaired) electrons. The molecular formula is C42H62N2Ni. The van der Waals surface area contributed by atoms with Crippen molar-refractivity contribution in [2.75, 3.05) is 0 Å². The summed E-state index contributed by atoms with van der Waals surface area (Å²) in [5, 5.41) is 0. The second kappa shape index (κ2) is 27.5. The monoisotopic (exact) mass is 652 g/mol. The average molecular weight is 654 g/mol. The van der Waals surface area contributed by atoms with Crippen molar-refractivity contribution in [3.63, 3.8) is 0 Å². The zero-order valence-electron chi connectivity index (χ0n) is 28.9. The first-order chi connectivity index (χ1) is 21.5. The van der Waals surface area contributed by atoms with E-state index in [1.54, 1.807) is 0 Å². The van der Waals surface area contributed by atoms with Crippen LogP contribution in [-0.4, -0.2) is 4.70 Å². The largest absolute Gasteiger partial charge is 2.00 e. The Hall–Kier alpha value is -2.77. The van der Waals surface area contributed by atoms with E-state index in [2.05, 4.69) is 102 Å². The molecule has 3 rings (SSSR count). The first-order valence-electron chi connectivity index (χ1n) is 17.4. The summed E-state index contributed by atoms with van der Waals surface area (Å²) in [7, 11) is 0. The molecule has 2 nitrogen and oxygen atoms in total. The van der Waals surface area contributed by atoms with E-state index < -0.39 is 0 Å². The van der Waals surface area contributed by atoms with Gasteiger partial charge < -0.3 is 5.53 Å². The Morgan fingerprint density at radius 1 is 0.622 bits per heavy atom. The molecule has 1 heterocycles. The molecule has 0 N–H and O–H groups in total. The van der Waals surface area contributed by atoms with E-state index in [1.165, 1.54) is 123 Å². The maximum absolute atomic E-state index is 11.6. The van der Waals surface area contributed by atoms with Gasteiger partial charge in [-0.15, -0.1) is 0 Å². The normalized spacial score (nSPS) is 11.9. The number of nitrogens with zero attached hydrogens (tertiary/aromatic N) is 2. The second-order valence-corrected chi connectivity index (χ2v) is 11.8. The molecule has 0 amide bonds.